The van der Waals surface area contributed by atoms with Gasteiger partial charge in [0.15, 0.2) is 0 Å². The van der Waals surface area contributed by atoms with Gasteiger partial charge in [0.1, 0.15) is 0 Å². The SMILES string of the molecule is CC1(C)O[C@]2(C)CC[C@@H]1[C@@H]1[C@@H]2N1C(=O)Nc1cccc2ccccc12. The lowest BCUT2D eigenvalue weighted by atomic mass is 9.69. The number of hydrogen-bond donors (Lipinski definition) is 1. The van der Waals surface area contributed by atoms with Crippen molar-refractivity contribution in [3.05, 3.63) is 42.5 Å². The van der Waals surface area contributed by atoms with Gasteiger partial charge < -0.3 is 15.0 Å². The van der Waals surface area contributed by atoms with Crippen LogP contribution in [0.3, 0.4) is 0 Å². The molecule has 1 N–H and O–H groups in total. The van der Waals surface area contributed by atoms with Crippen LogP contribution in [0.2, 0.25) is 0 Å². The van der Waals surface area contributed by atoms with Crippen molar-refractivity contribution in [2.75, 3.05) is 5.32 Å². The Balaban J connectivity index is 1.43. The zero-order valence-corrected chi connectivity index (χ0v) is 15.0. The van der Waals surface area contributed by atoms with E-state index in [2.05, 4.69) is 44.3 Å². The van der Waals surface area contributed by atoms with Gasteiger partial charge in [-0.25, -0.2) is 4.79 Å². The van der Waals surface area contributed by atoms with Crippen molar-refractivity contribution in [3.63, 3.8) is 0 Å². The minimum absolute atomic E-state index is 0.00535. The number of hydrogen-bond acceptors (Lipinski definition) is 2. The highest BCUT2D eigenvalue weighted by atomic mass is 16.5. The number of urea groups is 1. The molecule has 3 saturated heterocycles. The number of nitrogens with zero attached hydrogens (tertiary/aromatic N) is 1. The predicted molar refractivity (Wildman–Crippen MR) is 98.7 cm³/mol. The number of anilines is 1. The Labute approximate surface area is 148 Å². The van der Waals surface area contributed by atoms with E-state index < -0.39 is 0 Å². The largest absolute Gasteiger partial charge is 0.367 e. The Bertz CT molecular complexity index is 872. The third kappa shape index (κ3) is 2.07. The van der Waals surface area contributed by atoms with Gasteiger partial charge >= 0.3 is 6.03 Å². The van der Waals surface area contributed by atoms with Gasteiger partial charge in [0.05, 0.1) is 29.0 Å². The Morgan fingerprint density at radius 2 is 1.92 bits per heavy atom. The third-order valence-electron chi connectivity index (χ3n) is 6.50. The highest BCUT2D eigenvalue weighted by molar-refractivity contribution is 6.02. The monoisotopic (exact) mass is 336 g/mol. The second-order valence-electron chi connectivity index (χ2n) is 8.46. The minimum atomic E-state index is -0.209. The first-order chi connectivity index (χ1) is 11.9. The van der Waals surface area contributed by atoms with Gasteiger partial charge in [0.25, 0.3) is 0 Å². The highest BCUT2D eigenvalue weighted by Crippen LogP contribution is 2.60. The molecule has 2 bridgehead atoms. The normalized spacial score (nSPS) is 34.7. The molecule has 130 valence electrons. The van der Waals surface area contributed by atoms with Crippen molar-refractivity contribution in [1.29, 1.82) is 0 Å². The Kier molecular flexibility index (Phi) is 2.89. The second kappa shape index (κ2) is 4.76. The molecule has 1 aliphatic carbocycles. The lowest BCUT2D eigenvalue weighted by Gasteiger charge is -2.51. The maximum absolute atomic E-state index is 13.0. The topological polar surface area (TPSA) is 41.3 Å². The summed E-state index contributed by atoms with van der Waals surface area (Å²) in [7, 11) is 0. The Hall–Kier alpha value is -2.07. The zero-order chi connectivity index (χ0) is 17.4. The molecular formula is C21H24N2O2. The molecule has 1 saturated carbocycles. The van der Waals surface area contributed by atoms with Crippen molar-refractivity contribution in [3.8, 4) is 0 Å². The summed E-state index contributed by atoms with van der Waals surface area (Å²) in [6.45, 7) is 6.52. The minimum Gasteiger partial charge on any atom is -0.367 e. The Morgan fingerprint density at radius 1 is 1.16 bits per heavy atom. The molecule has 4 aliphatic rings. The fourth-order valence-corrected chi connectivity index (χ4v) is 5.40. The smallest absolute Gasteiger partial charge is 0.322 e. The standard InChI is InChI=1S/C21H24N2O2/c1-20(2)15-11-12-21(3,25-20)18-17(15)23(18)19(24)22-16-10-6-8-13-7-4-5-9-14(13)16/h4-10,15,17-18H,11-12H2,1-3H3,(H,22,24)/t15-,17-,18+,21-,23?/m1/s1. The van der Waals surface area contributed by atoms with Crippen LogP contribution in [-0.4, -0.2) is 34.2 Å². The summed E-state index contributed by atoms with van der Waals surface area (Å²) in [5, 5.41) is 5.36. The molecule has 6 rings (SSSR count). The molecule has 3 heterocycles. The molecule has 4 atom stereocenters. The molecule has 0 aromatic heterocycles. The number of rotatable bonds is 1. The molecular weight excluding hydrogens is 312 g/mol. The third-order valence-corrected chi connectivity index (χ3v) is 6.50. The number of amides is 2. The molecule has 4 fully saturated rings. The van der Waals surface area contributed by atoms with Gasteiger partial charge in [-0.15, -0.1) is 0 Å². The van der Waals surface area contributed by atoms with Crippen LogP contribution in [0.5, 0.6) is 0 Å². The molecule has 2 amide bonds. The van der Waals surface area contributed by atoms with Gasteiger partial charge in [0.2, 0.25) is 0 Å². The van der Waals surface area contributed by atoms with Crippen molar-refractivity contribution >= 4 is 22.5 Å². The van der Waals surface area contributed by atoms with Gasteiger partial charge in [-0.05, 0) is 45.1 Å². The summed E-state index contributed by atoms with van der Waals surface area (Å²) < 4.78 is 6.39. The molecule has 0 spiro atoms. The van der Waals surface area contributed by atoms with Gasteiger partial charge in [0, 0.05) is 11.3 Å². The van der Waals surface area contributed by atoms with E-state index in [4.69, 9.17) is 4.74 Å². The van der Waals surface area contributed by atoms with E-state index in [1.54, 1.807) is 0 Å². The number of fused-ring (bicyclic) bond motifs is 3. The number of nitrogens with one attached hydrogen (secondary N) is 1. The zero-order valence-electron chi connectivity index (χ0n) is 15.0. The van der Waals surface area contributed by atoms with E-state index in [1.165, 1.54) is 0 Å². The van der Waals surface area contributed by atoms with Crippen molar-refractivity contribution in [1.82, 2.24) is 4.90 Å². The van der Waals surface area contributed by atoms with Crippen LogP contribution in [0, 0.1) is 5.92 Å². The summed E-state index contributed by atoms with van der Waals surface area (Å²) in [6.07, 6.45) is 2.18. The molecule has 2 aromatic rings. The van der Waals surface area contributed by atoms with E-state index in [0.717, 1.165) is 29.3 Å². The summed E-state index contributed by atoms with van der Waals surface area (Å²) in [6, 6.07) is 14.7. The average Bonchev–Trinajstić information content (AvgIpc) is 3.31. The quantitative estimate of drug-likeness (QED) is 0.784. The highest BCUT2D eigenvalue weighted by Gasteiger charge is 2.72. The molecule has 0 unspecified atom stereocenters. The van der Waals surface area contributed by atoms with Crippen LogP contribution in [-0.2, 0) is 4.74 Å². The molecule has 4 heteroatoms. The lowest BCUT2D eigenvalue weighted by molar-refractivity contribution is -0.214. The molecule has 0 radical (unpaired) electrons. The van der Waals surface area contributed by atoms with Crippen molar-refractivity contribution < 1.29 is 9.53 Å². The predicted octanol–water partition coefficient (Wildman–Crippen LogP) is 4.40. The fourth-order valence-electron chi connectivity index (χ4n) is 5.40. The first-order valence-corrected chi connectivity index (χ1v) is 9.18. The van der Waals surface area contributed by atoms with Crippen LogP contribution in [0.15, 0.2) is 42.5 Å². The van der Waals surface area contributed by atoms with Crippen LogP contribution in [0.25, 0.3) is 10.8 Å². The molecule has 2 aromatic carbocycles. The average molecular weight is 336 g/mol. The van der Waals surface area contributed by atoms with E-state index in [0.29, 0.717) is 12.0 Å². The number of benzene rings is 2. The molecule has 4 nitrogen and oxygen atoms in total. The van der Waals surface area contributed by atoms with Crippen LogP contribution in [0.4, 0.5) is 10.5 Å². The molecule has 3 aliphatic heterocycles. The summed E-state index contributed by atoms with van der Waals surface area (Å²) in [4.78, 5) is 15.0. The molecule has 25 heavy (non-hydrogen) atoms. The number of carbonyl (C=O) groups excluding carboxylic acids is 1. The lowest BCUT2D eigenvalue weighted by Crippen LogP contribution is -2.58. The number of carbonyl (C=O) groups is 1. The maximum atomic E-state index is 13.0. The van der Waals surface area contributed by atoms with Gasteiger partial charge in [-0.1, -0.05) is 36.4 Å². The van der Waals surface area contributed by atoms with Crippen molar-refractivity contribution in [2.45, 2.75) is 56.9 Å². The summed E-state index contributed by atoms with van der Waals surface area (Å²) in [5.74, 6) is 0.428. The first kappa shape index (κ1) is 15.2. The van der Waals surface area contributed by atoms with Gasteiger partial charge in [-0.2, -0.15) is 0 Å². The van der Waals surface area contributed by atoms with Gasteiger partial charge in [-0.3, -0.25) is 0 Å². The summed E-state index contributed by atoms with van der Waals surface area (Å²) >= 11 is 0. The number of likely N-dealkylation sites (tertiary alicyclic amines) is 1. The first-order valence-electron chi connectivity index (χ1n) is 9.18. The fraction of sp³-hybridized carbons (Fsp3) is 0.476. The van der Waals surface area contributed by atoms with E-state index in [9.17, 15) is 4.79 Å². The van der Waals surface area contributed by atoms with Crippen molar-refractivity contribution in [2.24, 2.45) is 5.92 Å². The Morgan fingerprint density at radius 3 is 2.72 bits per heavy atom. The maximum Gasteiger partial charge on any atom is 0.322 e. The summed E-state index contributed by atoms with van der Waals surface area (Å²) in [5.41, 5.74) is 0.520. The van der Waals surface area contributed by atoms with Crippen LogP contribution in [0.1, 0.15) is 33.6 Å². The second-order valence-corrected chi connectivity index (χ2v) is 8.46. The van der Waals surface area contributed by atoms with E-state index in [1.807, 2.05) is 29.2 Å². The van der Waals surface area contributed by atoms with E-state index in [-0.39, 0.29) is 23.3 Å². The van der Waals surface area contributed by atoms with Crippen LogP contribution >= 0.6 is 0 Å². The number of ether oxygens (including phenoxy) is 1. The van der Waals surface area contributed by atoms with Crippen LogP contribution < -0.4 is 5.32 Å². The van der Waals surface area contributed by atoms with E-state index >= 15 is 0 Å².